The summed E-state index contributed by atoms with van der Waals surface area (Å²) in [4.78, 5) is 30.2. The molecule has 0 saturated carbocycles. The first-order valence-corrected chi connectivity index (χ1v) is 10.5. The fourth-order valence-electron chi connectivity index (χ4n) is 4.72. The summed E-state index contributed by atoms with van der Waals surface area (Å²) in [6.45, 7) is 7.42. The van der Waals surface area contributed by atoms with E-state index in [1.165, 1.54) is 4.90 Å². The summed E-state index contributed by atoms with van der Waals surface area (Å²) in [5, 5.41) is 2.48. The molecule has 0 bridgehead atoms. The lowest BCUT2D eigenvalue weighted by Crippen LogP contribution is -2.61. The first kappa shape index (κ1) is 21.4. The van der Waals surface area contributed by atoms with Gasteiger partial charge < -0.3 is 15.1 Å². The van der Waals surface area contributed by atoms with Crippen molar-refractivity contribution in [3.63, 3.8) is 0 Å². The molecule has 28 heavy (non-hydrogen) atoms. The maximum atomic E-state index is 14.6. The number of carbonyl (C=O) groups excluding carboxylic acids is 2. The van der Waals surface area contributed by atoms with Crippen molar-refractivity contribution in [1.82, 2.24) is 20.0 Å². The van der Waals surface area contributed by atoms with Crippen molar-refractivity contribution in [3.05, 3.63) is 0 Å². The first-order chi connectivity index (χ1) is 13.1. The number of nitrogens with zero attached hydrogens (tertiary/aromatic N) is 3. The van der Waals surface area contributed by atoms with Gasteiger partial charge in [0.05, 0.1) is 19.1 Å². The molecule has 6 nitrogen and oxygen atoms in total. The van der Waals surface area contributed by atoms with E-state index in [2.05, 4.69) is 22.2 Å². The van der Waals surface area contributed by atoms with Gasteiger partial charge in [0.25, 0.3) is 5.92 Å². The molecule has 0 aliphatic carbocycles. The summed E-state index contributed by atoms with van der Waals surface area (Å²) >= 11 is 0. The van der Waals surface area contributed by atoms with Crippen LogP contribution in [0.3, 0.4) is 0 Å². The van der Waals surface area contributed by atoms with Crippen molar-refractivity contribution in [1.29, 1.82) is 0 Å². The molecule has 0 aromatic heterocycles. The van der Waals surface area contributed by atoms with Gasteiger partial charge in [-0.15, -0.1) is 0 Å². The van der Waals surface area contributed by atoms with Gasteiger partial charge in [-0.25, -0.2) is 8.78 Å². The lowest BCUT2D eigenvalue weighted by molar-refractivity contribution is -0.149. The molecule has 3 heterocycles. The van der Waals surface area contributed by atoms with Crippen molar-refractivity contribution in [2.24, 2.45) is 11.3 Å². The highest BCUT2D eigenvalue weighted by molar-refractivity contribution is 5.79. The van der Waals surface area contributed by atoms with Crippen LogP contribution < -0.4 is 5.32 Å². The number of hydrogen-bond donors (Lipinski definition) is 1. The Morgan fingerprint density at radius 2 is 1.82 bits per heavy atom. The lowest BCUT2D eigenvalue weighted by Gasteiger charge is -2.53. The van der Waals surface area contributed by atoms with Crippen LogP contribution in [-0.2, 0) is 9.59 Å². The van der Waals surface area contributed by atoms with Gasteiger partial charge in [0.15, 0.2) is 0 Å². The Hall–Kier alpha value is -1.28. The van der Waals surface area contributed by atoms with Gasteiger partial charge in [-0.2, -0.15) is 0 Å². The number of rotatable bonds is 5. The Labute approximate surface area is 168 Å². The van der Waals surface area contributed by atoms with Gasteiger partial charge >= 0.3 is 0 Å². The molecule has 3 aliphatic rings. The molecule has 2 unspecified atom stereocenters. The number of hydrogen-bond acceptors (Lipinski definition) is 4. The minimum absolute atomic E-state index is 0. The van der Waals surface area contributed by atoms with Crippen LogP contribution in [0.1, 0.15) is 41.0 Å². The Kier molecular flexibility index (Phi) is 6.29. The van der Waals surface area contributed by atoms with E-state index in [9.17, 15) is 18.4 Å². The first-order valence-electron chi connectivity index (χ1n) is 10.5. The molecule has 2 amide bonds. The molecule has 1 spiro atoms. The molecule has 2 atom stereocenters. The number of alkyl halides is 2. The van der Waals surface area contributed by atoms with Gasteiger partial charge in [0, 0.05) is 27.0 Å². The van der Waals surface area contributed by atoms with Gasteiger partial charge in [-0.1, -0.05) is 13.8 Å². The van der Waals surface area contributed by atoms with Crippen LogP contribution in [0, 0.1) is 11.3 Å². The summed E-state index contributed by atoms with van der Waals surface area (Å²) in [7, 11) is 2.12. The maximum absolute atomic E-state index is 14.6. The monoisotopic (exact) mass is 402 g/mol. The third-order valence-electron chi connectivity index (χ3n) is 6.81. The predicted octanol–water partition coefficient (Wildman–Crippen LogP) is 1.66. The predicted molar refractivity (Wildman–Crippen MR) is 105 cm³/mol. The molecule has 162 valence electrons. The zero-order chi connectivity index (χ0) is 20.5. The molecular weight excluding hydrogens is 366 g/mol. The quantitative estimate of drug-likeness (QED) is 0.760. The molecular formula is C20H36F2N4O2. The maximum Gasteiger partial charge on any atom is 0.285 e. The van der Waals surface area contributed by atoms with Crippen molar-refractivity contribution in [2.45, 2.75) is 51.5 Å². The fraction of sp³-hybridized carbons (Fsp3) is 0.900. The Bertz CT molecular complexity index is 591. The van der Waals surface area contributed by atoms with E-state index in [1.807, 2.05) is 6.92 Å². The summed E-state index contributed by atoms with van der Waals surface area (Å²) < 4.78 is 29.1. The molecule has 3 aliphatic heterocycles. The summed E-state index contributed by atoms with van der Waals surface area (Å²) in [6.07, 6.45) is 2.85. The molecule has 1 N–H and O–H groups in total. The average molecular weight is 403 g/mol. The topological polar surface area (TPSA) is 55.9 Å². The molecule has 3 saturated heterocycles. The number of likely N-dealkylation sites (tertiary alicyclic amines) is 3. The van der Waals surface area contributed by atoms with E-state index < -0.39 is 18.5 Å². The Morgan fingerprint density at radius 1 is 1.18 bits per heavy atom. The summed E-state index contributed by atoms with van der Waals surface area (Å²) in [6, 6.07) is -1.19. The number of amides is 2. The highest BCUT2D eigenvalue weighted by Crippen LogP contribution is 2.39. The summed E-state index contributed by atoms with van der Waals surface area (Å²) in [5.41, 5.74) is 0.410. The van der Waals surface area contributed by atoms with Gasteiger partial charge in [-0.05, 0) is 51.2 Å². The van der Waals surface area contributed by atoms with Crippen LogP contribution in [0.5, 0.6) is 0 Å². The van der Waals surface area contributed by atoms with Crippen LogP contribution in [0.15, 0.2) is 0 Å². The minimum atomic E-state index is -3.10. The van der Waals surface area contributed by atoms with E-state index in [0.717, 1.165) is 39.0 Å². The molecule has 0 aromatic rings. The van der Waals surface area contributed by atoms with Crippen LogP contribution in [0.25, 0.3) is 0 Å². The second kappa shape index (κ2) is 8.22. The van der Waals surface area contributed by atoms with Crippen LogP contribution >= 0.6 is 0 Å². The van der Waals surface area contributed by atoms with Crippen LogP contribution in [0.2, 0.25) is 0 Å². The third-order valence-corrected chi connectivity index (χ3v) is 6.81. The fourth-order valence-corrected chi connectivity index (χ4v) is 4.72. The van der Waals surface area contributed by atoms with Crippen LogP contribution in [0.4, 0.5) is 8.78 Å². The van der Waals surface area contributed by atoms with E-state index in [4.69, 9.17) is 0 Å². The van der Waals surface area contributed by atoms with Gasteiger partial charge in [0.1, 0.15) is 0 Å². The second-order valence-electron chi connectivity index (χ2n) is 9.18. The lowest BCUT2D eigenvalue weighted by atomic mass is 9.72. The van der Waals surface area contributed by atoms with Crippen molar-refractivity contribution in [3.8, 4) is 0 Å². The zero-order valence-electron chi connectivity index (χ0n) is 17.3. The summed E-state index contributed by atoms with van der Waals surface area (Å²) in [5.74, 6) is -3.95. The molecule has 8 heteroatoms. The van der Waals surface area contributed by atoms with Gasteiger partial charge in [-0.3, -0.25) is 14.5 Å². The normalized spacial score (nSPS) is 28.6. The van der Waals surface area contributed by atoms with Crippen molar-refractivity contribution in [2.75, 3.05) is 52.9 Å². The van der Waals surface area contributed by atoms with Crippen LogP contribution in [-0.4, -0.2) is 91.3 Å². The third kappa shape index (κ3) is 4.64. The highest BCUT2D eigenvalue weighted by atomic mass is 19.3. The van der Waals surface area contributed by atoms with E-state index in [-0.39, 0.29) is 38.7 Å². The molecule has 0 aromatic carbocycles. The van der Waals surface area contributed by atoms with E-state index in [1.54, 1.807) is 6.92 Å². The average Bonchev–Trinajstić information content (AvgIpc) is 2.62. The zero-order valence-corrected chi connectivity index (χ0v) is 17.3. The number of piperidine rings is 2. The van der Waals surface area contributed by atoms with E-state index in [0.29, 0.717) is 11.8 Å². The Morgan fingerprint density at radius 3 is 2.36 bits per heavy atom. The number of carbonyl (C=O) groups is 2. The van der Waals surface area contributed by atoms with Gasteiger partial charge in [0.2, 0.25) is 11.8 Å². The van der Waals surface area contributed by atoms with Crippen molar-refractivity contribution >= 4 is 11.8 Å². The molecule has 3 rings (SSSR count). The number of nitrogens with one attached hydrogen (secondary N) is 1. The second-order valence-corrected chi connectivity index (χ2v) is 9.18. The minimum Gasteiger partial charge on any atom is -0.347 e. The molecule has 0 radical (unpaired) electrons. The highest BCUT2D eigenvalue weighted by Gasteiger charge is 2.47. The SMILES string of the molecule is CCC(C)C(=O)NC1CCN(C(=O)CN2CCC3(CC2)CN(C)C3)CC1(F)F.[HH]. The number of halogens is 2. The van der Waals surface area contributed by atoms with Crippen molar-refractivity contribution < 1.29 is 19.8 Å². The smallest absolute Gasteiger partial charge is 0.285 e. The Balaban J connectivity index is 0.00000300. The standard InChI is InChI=1S/C20H34F2N4O2.H2/c1-4-15(2)18(28)23-16-5-8-26(14-20(16,21)22)17(27)11-25-9-6-19(7-10-25)12-24(3)13-19;/h15-16H,4-14H2,1-3H3,(H,23,28);1H. The molecule has 3 fully saturated rings. The van der Waals surface area contributed by atoms with E-state index >= 15 is 0 Å². The largest absolute Gasteiger partial charge is 0.347 e.